The van der Waals surface area contributed by atoms with Crippen LogP contribution in [-0.4, -0.2) is 15.6 Å². The molecule has 0 aliphatic carbocycles. The number of aromatic nitrogens is 1. The molecule has 0 bridgehead atoms. The lowest BCUT2D eigenvalue weighted by Gasteiger charge is -2.10. The lowest BCUT2D eigenvalue weighted by molar-refractivity contribution is -0.118. The van der Waals surface area contributed by atoms with E-state index >= 15 is 0 Å². The van der Waals surface area contributed by atoms with Crippen molar-refractivity contribution < 1.29 is 9.90 Å². The van der Waals surface area contributed by atoms with Gasteiger partial charge in [-0.15, -0.1) is 10.2 Å². The van der Waals surface area contributed by atoms with Crippen LogP contribution < -0.4 is 0 Å². The van der Waals surface area contributed by atoms with Crippen LogP contribution >= 0.6 is 0 Å². The van der Waals surface area contributed by atoms with Crippen LogP contribution in [0.3, 0.4) is 0 Å². The molecule has 134 valence electrons. The van der Waals surface area contributed by atoms with E-state index in [1.54, 1.807) is 4.57 Å². The number of azo groups is 1. The van der Waals surface area contributed by atoms with Gasteiger partial charge in [0.25, 0.3) is 5.91 Å². The van der Waals surface area contributed by atoms with Gasteiger partial charge in [-0.1, -0.05) is 42.0 Å². The minimum atomic E-state index is -0.300. The van der Waals surface area contributed by atoms with E-state index in [-0.39, 0.29) is 24.2 Å². The summed E-state index contributed by atoms with van der Waals surface area (Å²) in [6.07, 6.45) is 0.910. The standard InChI is InChI=1S/C21H23N3O2/c1-14(2)24-18-11-9-15(3)13-17(18)20(21(24)26)23-22-19(25)12-10-16-7-5-4-6-8-16/h4-9,11,13-14,26H,10,12H2,1-3H3. The van der Waals surface area contributed by atoms with Gasteiger partial charge in [0.15, 0.2) is 5.69 Å². The summed E-state index contributed by atoms with van der Waals surface area (Å²) in [6.45, 7) is 5.96. The van der Waals surface area contributed by atoms with E-state index in [1.165, 1.54) is 0 Å². The molecule has 1 N–H and O–H groups in total. The second-order valence-corrected chi connectivity index (χ2v) is 6.74. The normalized spacial score (nSPS) is 11.7. The predicted molar refractivity (Wildman–Crippen MR) is 103 cm³/mol. The maximum absolute atomic E-state index is 12.1. The first-order valence-electron chi connectivity index (χ1n) is 8.79. The number of carbonyl (C=O) groups is 1. The predicted octanol–water partition coefficient (Wildman–Crippen LogP) is 5.48. The number of hydrogen-bond acceptors (Lipinski definition) is 3. The molecular formula is C21H23N3O2. The molecule has 0 radical (unpaired) electrons. The van der Waals surface area contributed by atoms with Crippen molar-refractivity contribution in [3.8, 4) is 5.88 Å². The fourth-order valence-corrected chi connectivity index (χ4v) is 3.07. The highest BCUT2D eigenvalue weighted by Gasteiger charge is 2.18. The molecule has 0 unspecified atom stereocenters. The molecule has 1 amide bonds. The van der Waals surface area contributed by atoms with Crippen molar-refractivity contribution in [3.63, 3.8) is 0 Å². The number of aromatic hydroxyl groups is 1. The van der Waals surface area contributed by atoms with Gasteiger partial charge in [-0.25, -0.2) is 0 Å². The van der Waals surface area contributed by atoms with E-state index < -0.39 is 0 Å². The molecule has 5 nitrogen and oxygen atoms in total. The first-order valence-corrected chi connectivity index (χ1v) is 8.79. The van der Waals surface area contributed by atoms with Crippen LogP contribution in [0.25, 0.3) is 10.9 Å². The number of fused-ring (bicyclic) bond motifs is 1. The molecular weight excluding hydrogens is 326 g/mol. The summed E-state index contributed by atoms with van der Waals surface area (Å²) in [5.74, 6) is -0.258. The maximum atomic E-state index is 12.1. The monoisotopic (exact) mass is 349 g/mol. The third-order valence-electron chi connectivity index (χ3n) is 4.36. The van der Waals surface area contributed by atoms with Crippen LogP contribution in [0.5, 0.6) is 5.88 Å². The van der Waals surface area contributed by atoms with Gasteiger partial charge in [-0.3, -0.25) is 4.79 Å². The third-order valence-corrected chi connectivity index (χ3v) is 4.36. The highest BCUT2D eigenvalue weighted by Crippen LogP contribution is 2.41. The lowest BCUT2D eigenvalue weighted by Crippen LogP contribution is -1.99. The minimum Gasteiger partial charge on any atom is -0.493 e. The number of rotatable bonds is 5. The largest absolute Gasteiger partial charge is 0.493 e. The van der Waals surface area contributed by atoms with Gasteiger partial charge >= 0.3 is 0 Å². The molecule has 5 heteroatoms. The smallest absolute Gasteiger partial charge is 0.265 e. The summed E-state index contributed by atoms with van der Waals surface area (Å²) in [7, 11) is 0. The van der Waals surface area contributed by atoms with Crippen molar-refractivity contribution in [2.24, 2.45) is 10.2 Å². The molecule has 0 atom stereocenters. The summed E-state index contributed by atoms with van der Waals surface area (Å²) in [5, 5.41) is 19.3. The molecule has 1 aromatic heterocycles. The minimum absolute atomic E-state index is 0.0419. The van der Waals surface area contributed by atoms with E-state index in [4.69, 9.17) is 0 Å². The molecule has 2 aromatic carbocycles. The zero-order valence-electron chi connectivity index (χ0n) is 15.3. The van der Waals surface area contributed by atoms with Gasteiger partial charge < -0.3 is 9.67 Å². The highest BCUT2D eigenvalue weighted by atomic mass is 16.3. The summed E-state index contributed by atoms with van der Waals surface area (Å²) >= 11 is 0. The Balaban J connectivity index is 1.85. The van der Waals surface area contributed by atoms with Gasteiger partial charge in [0.2, 0.25) is 5.88 Å². The Labute approximate surface area is 153 Å². The second-order valence-electron chi connectivity index (χ2n) is 6.74. The van der Waals surface area contributed by atoms with E-state index in [0.717, 1.165) is 22.0 Å². The molecule has 1 heterocycles. The van der Waals surface area contributed by atoms with Gasteiger partial charge in [-0.05, 0) is 44.9 Å². The first-order chi connectivity index (χ1) is 12.5. The van der Waals surface area contributed by atoms with Crippen molar-refractivity contribution in [3.05, 3.63) is 59.7 Å². The van der Waals surface area contributed by atoms with E-state index in [9.17, 15) is 9.90 Å². The number of nitrogens with zero attached hydrogens (tertiary/aromatic N) is 3. The molecule has 0 saturated heterocycles. The third kappa shape index (κ3) is 3.67. The van der Waals surface area contributed by atoms with Crippen LogP contribution in [0, 0.1) is 6.92 Å². The zero-order chi connectivity index (χ0) is 18.7. The maximum Gasteiger partial charge on any atom is 0.265 e. The molecule has 0 spiro atoms. The second kappa shape index (κ2) is 7.52. The highest BCUT2D eigenvalue weighted by molar-refractivity contribution is 5.95. The number of aryl methyl sites for hydroxylation is 2. The Bertz CT molecular complexity index is 956. The molecule has 3 aromatic rings. The Morgan fingerprint density at radius 2 is 1.88 bits per heavy atom. The van der Waals surface area contributed by atoms with Crippen LogP contribution in [-0.2, 0) is 11.2 Å². The summed E-state index contributed by atoms with van der Waals surface area (Å²) < 4.78 is 1.80. The Morgan fingerprint density at radius 3 is 2.58 bits per heavy atom. The lowest BCUT2D eigenvalue weighted by atomic mass is 10.1. The summed E-state index contributed by atoms with van der Waals surface area (Å²) in [5.41, 5.74) is 3.38. The Hall–Kier alpha value is -2.95. The topological polar surface area (TPSA) is 66.9 Å². The fraction of sp³-hybridized carbons (Fsp3) is 0.286. The molecule has 3 rings (SSSR count). The summed E-state index contributed by atoms with van der Waals surface area (Å²) in [6, 6.07) is 15.8. The zero-order valence-corrected chi connectivity index (χ0v) is 15.3. The molecule has 26 heavy (non-hydrogen) atoms. The first kappa shape index (κ1) is 17.9. The number of benzene rings is 2. The van der Waals surface area contributed by atoms with Crippen LogP contribution in [0.1, 0.15) is 37.4 Å². The average molecular weight is 349 g/mol. The Kier molecular flexibility index (Phi) is 5.16. The SMILES string of the molecule is Cc1ccc2c(c1)c(N=NC(=O)CCc1ccccc1)c(O)n2C(C)C. The van der Waals surface area contributed by atoms with Crippen LogP contribution in [0.15, 0.2) is 58.8 Å². The number of amides is 1. The van der Waals surface area contributed by atoms with Gasteiger partial charge in [0.1, 0.15) is 0 Å². The van der Waals surface area contributed by atoms with E-state index in [0.29, 0.717) is 12.1 Å². The van der Waals surface area contributed by atoms with Gasteiger partial charge in [0, 0.05) is 17.8 Å². The van der Waals surface area contributed by atoms with Crippen molar-refractivity contribution >= 4 is 22.5 Å². The van der Waals surface area contributed by atoms with Crippen molar-refractivity contribution in [2.75, 3.05) is 0 Å². The number of carbonyl (C=O) groups excluding carboxylic acids is 1. The summed E-state index contributed by atoms with van der Waals surface area (Å²) in [4.78, 5) is 12.1. The molecule has 0 fully saturated rings. The molecule has 0 aliphatic heterocycles. The van der Waals surface area contributed by atoms with Crippen molar-refractivity contribution in [1.29, 1.82) is 0 Å². The van der Waals surface area contributed by atoms with Crippen molar-refractivity contribution in [2.45, 2.75) is 39.7 Å². The van der Waals surface area contributed by atoms with Crippen molar-refractivity contribution in [1.82, 2.24) is 4.57 Å². The Morgan fingerprint density at radius 1 is 1.15 bits per heavy atom. The van der Waals surface area contributed by atoms with E-state index in [1.807, 2.05) is 69.3 Å². The van der Waals surface area contributed by atoms with Crippen LogP contribution in [0.2, 0.25) is 0 Å². The fourth-order valence-electron chi connectivity index (χ4n) is 3.07. The van der Waals surface area contributed by atoms with Gasteiger partial charge in [0.05, 0.1) is 5.52 Å². The van der Waals surface area contributed by atoms with E-state index in [2.05, 4.69) is 10.2 Å². The molecule has 0 aliphatic rings. The average Bonchev–Trinajstić information content (AvgIpc) is 2.90. The quantitative estimate of drug-likeness (QED) is 0.620. The van der Waals surface area contributed by atoms with Gasteiger partial charge in [-0.2, -0.15) is 0 Å². The van der Waals surface area contributed by atoms with Crippen LogP contribution in [0.4, 0.5) is 5.69 Å². The molecule has 0 saturated carbocycles. The number of hydrogen-bond donors (Lipinski definition) is 1.